The normalized spacial score (nSPS) is 27.0. The number of carbonyl (C=O) groups excluding carboxylic acids is 2. The van der Waals surface area contributed by atoms with E-state index in [0.29, 0.717) is 0 Å². The molecule has 23 nitrogen and oxygen atoms in total. The fourth-order valence-electron chi connectivity index (χ4n) is 5.82. The molecule has 0 amide bonds. The molecule has 2 saturated heterocycles. The van der Waals surface area contributed by atoms with Gasteiger partial charge in [0.1, 0.15) is 91.8 Å². The molecule has 0 radical (unpaired) electrons. The van der Waals surface area contributed by atoms with E-state index in [-0.39, 0.29) is 45.3 Å². The third-order valence-electron chi connectivity index (χ3n) is 8.79. The van der Waals surface area contributed by atoms with Crippen molar-refractivity contribution >= 4 is 34.8 Å². The average Bonchev–Trinajstić information content (AvgIpc) is 3.16. The maximum Gasteiger partial charge on any atom is 0.402 e. The van der Waals surface area contributed by atoms with Crippen molar-refractivity contribution in [1.29, 1.82) is 0 Å². The van der Waals surface area contributed by atoms with Crippen LogP contribution in [-0.4, -0.2) is 164 Å². The number of phenols is 2. The van der Waals surface area contributed by atoms with Gasteiger partial charge in [0.05, 0.1) is 25.8 Å². The molecule has 2 aliphatic heterocycles. The van der Waals surface area contributed by atoms with Crippen molar-refractivity contribution in [3.63, 3.8) is 0 Å². The summed E-state index contributed by atoms with van der Waals surface area (Å²) < 4.78 is 49.1. The van der Waals surface area contributed by atoms with Gasteiger partial charge in [-0.25, -0.2) is 4.42 Å². The number of carboxylic acids is 2. The summed E-state index contributed by atoms with van der Waals surface area (Å²) in [6.45, 7) is -1.51. The second-order valence-corrected chi connectivity index (χ2v) is 12.8. The Morgan fingerprint density at radius 2 is 1.12 bits per heavy atom. The van der Waals surface area contributed by atoms with Gasteiger partial charge in [-0.3, -0.25) is 19.2 Å². The van der Waals surface area contributed by atoms with Crippen LogP contribution in [0.1, 0.15) is 12.8 Å². The number of aromatic hydroxyl groups is 2. The molecule has 316 valence electrons. The summed E-state index contributed by atoms with van der Waals surface area (Å²) in [5.41, 5.74) is -0.125. The van der Waals surface area contributed by atoms with Crippen LogP contribution in [0, 0.1) is 0 Å². The van der Waals surface area contributed by atoms with Gasteiger partial charge in [0, 0.05) is 24.3 Å². The van der Waals surface area contributed by atoms with Crippen molar-refractivity contribution in [2.75, 3.05) is 27.4 Å². The predicted molar refractivity (Wildman–Crippen MR) is 184 cm³/mol. The van der Waals surface area contributed by atoms with Gasteiger partial charge in [0.25, 0.3) is 0 Å². The first-order valence-corrected chi connectivity index (χ1v) is 17.0. The lowest BCUT2D eigenvalue weighted by Gasteiger charge is -2.39. The maximum absolute atomic E-state index is 11.8. The van der Waals surface area contributed by atoms with E-state index in [1.807, 2.05) is 0 Å². The van der Waals surface area contributed by atoms with Gasteiger partial charge >= 0.3 is 35.2 Å². The zero-order valence-corrected chi connectivity index (χ0v) is 30.3. The first kappa shape index (κ1) is 43.3. The van der Waals surface area contributed by atoms with Gasteiger partial charge in [-0.2, -0.15) is 0 Å². The number of benzene rings is 2. The monoisotopic (exact) mass is 827 g/mol. The minimum absolute atomic E-state index is 0.0580. The van der Waals surface area contributed by atoms with Gasteiger partial charge in [-0.1, -0.05) is 0 Å². The van der Waals surface area contributed by atoms with Crippen LogP contribution in [0.4, 0.5) is 0 Å². The standard InChI is InChI=1S/C35H38O23/c1-50-17-3-12(4-18(51-2)26(17)43)33-19(56-35-32(49)30(47)28(45)21(58-35)11-53-25(42)9-23(39)40)7-14-15(36)5-13(6-16(14)55-33)54-34-31(48)29(46)27(44)20(57-34)10-52-24(41)8-22(37)38/h3-7,20-21,27-32,34-35,44-49H,8-11H2,1-2H3,(H3-,36,37,38,39,40,43)/p+1/t20-,21+,27+,28+,29+,30+,31-,32-,34-,35-/m1/s1. The molecule has 58 heavy (non-hydrogen) atoms. The van der Waals surface area contributed by atoms with E-state index in [4.69, 9.17) is 52.5 Å². The van der Waals surface area contributed by atoms with E-state index in [1.54, 1.807) is 0 Å². The molecule has 0 bridgehead atoms. The third-order valence-corrected chi connectivity index (χ3v) is 8.79. The molecular weight excluding hydrogens is 788 g/mol. The van der Waals surface area contributed by atoms with Gasteiger partial charge in [-0.05, 0) is 0 Å². The Kier molecular flexibility index (Phi) is 13.6. The number of ether oxygens (including phenoxy) is 8. The summed E-state index contributed by atoms with van der Waals surface area (Å²) in [5, 5.41) is 103. The molecule has 0 saturated carbocycles. The lowest BCUT2D eigenvalue weighted by Crippen LogP contribution is -2.60. The molecule has 0 unspecified atom stereocenters. The number of aliphatic carboxylic acids is 2. The number of aliphatic hydroxyl groups is 6. The van der Waals surface area contributed by atoms with Crippen molar-refractivity contribution in [1.82, 2.24) is 0 Å². The summed E-state index contributed by atoms with van der Waals surface area (Å²) >= 11 is 0. The van der Waals surface area contributed by atoms with E-state index in [0.717, 1.165) is 6.07 Å². The molecule has 5 rings (SSSR count). The number of hydrogen-bond donors (Lipinski definition) is 10. The Labute approximate surface area is 325 Å². The first-order valence-electron chi connectivity index (χ1n) is 17.0. The largest absolute Gasteiger partial charge is 0.507 e. The number of carbonyl (C=O) groups is 4. The van der Waals surface area contributed by atoms with Crippen LogP contribution in [0.5, 0.6) is 34.5 Å². The van der Waals surface area contributed by atoms with E-state index in [9.17, 15) is 60.0 Å². The second-order valence-electron chi connectivity index (χ2n) is 12.8. The number of rotatable bonds is 15. The molecule has 2 aromatic carbocycles. The van der Waals surface area contributed by atoms with Gasteiger partial charge < -0.3 is 89.0 Å². The summed E-state index contributed by atoms with van der Waals surface area (Å²) in [5.74, 6) is -7.45. The molecule has 3 aromatic rings. The average molecular weight is 828 g/mol. The number of carboxylic acid groups (broad SMARTS) is 2. The smallest absolute Gasteiger partial charge is 0.402 e. The number of esters is 2. The van der Waals surface area contributed by atoms with Crippen molar-refractivity contribution < 1.29 is 113 Å². The Bertz CT molecular complexity index is 1980. The number of phenolic OH excluding ortho intramolecular Hbond substituents is 2. The quantitative estimate of drug-likeness (QED) is 0.0460. The highest BCUT2D eigenvalue weighted by atomic mass is 16.7. The van der Waals surface area contributed by atoms with Gasteiger partial charge in [0.2, 0.25) is 24.1 Å². The molecule has 10 N–H and O–H groups in total. The highest BCUT2D eigenvalue weighted by molar-refractivity contribution is 5.91. The molecule has 2 aliphatic rings. The van der Waals surface area contributed by atoms with Gasteiger partial charge in [-0.15, -0.1) is 0 Å². The lowest BCUT2D eigenvalue weighted by atomic mass is 9.99. The fourth-order valence-corrected chi connectivity index (χ4v) is 5.82. The lowest BCUT2D eigenvalue weighted by molar-refractivity contribution is -0.278. The summed E-state index contributed by atoms with van der Waals surface area (Å²) in [6.07, 6.45) is -20.2. The molecule has 10 atom stereocenters. The first-order chi connectivity index (χ1) is 27.4. The maximum atomic E-state index is 11.8. The van der Waals surface area contributed by atoms with Gasteiger partial charge in [0.15, 0.2) is 11.5 Å². The van der Waals surface area contributed by atoms with Crippen LogP contribution in [0.3, 0.4) is 0 Å². The summed E-state index contributed by atoms with van der Waals surface area (Å²) in [6, 6.07) is 5.93. The zero-order chi connectivity index (χ0) is 42.6. The fraction of sp³-hybridized carbons (Fsp3) is 0.457. The van der Waals surface area contributed by atoms with Crippen molar-refractivity contribution in [3.05, 3.63) is 30.3 Å². The van der Waals surface area contributed by atoms with Crippen LogP contribution < -0.4 is 18.9 Å². The zero-order valence-electron chi connectivity index (χ0n) is 30.3. The van der Waals surface area contributed by atoms with Crippen molar-refractivity contribution in [2.45, 2.75) is 74.3 Å². The van der Waals surface area contributed by atoms with Crippen molar-refractivity contribution in [2.24, 2.45) is 0 Å². The van der Waals surface area contributed by atoms with E-state index >= 15 is 0 Å². The van der Waals surface area contributed by atoms with Crippen LogP contribution in [-0.2, 0) is 38.1 Å². The molecular formula is C35H39O23+. The third kappa shape index (κ3) is 9.66. The summed E-state index contributed by atoms with van der Waals surface area (Å²) in [7, 11) is 2.47. The number of hydrogen-bond acceptors (Lipinski definition) is 20. The molecule has 3 heterocycles. The molecule has 1 aromatic heterocycles. The molecule has 2 fully saturated rings. The Morgan fingerprint density at radius 3 is 1.59 bits per heavy atom. The van der Waals surface area contributed by atoms with E-state index < -0.39 is 123 Å². The van der Waals surface area contributed by atoms with E-state index in [1.165, 1.54) is 38.5 Å². The highest BCUT2D eigenvalue weighted by Crippen LogP contribution is 2.46. The Balaban J connectivity index is 1.51. The van der Waals surface area contributed by atoms with Crippen LogP contribution in [0.2, 0.25) is 0 Å². The minimum atomic E-state index is -1.97. The number of methoxy groups -OCH3 is 2. The number of fused-ring (bicyclic) bond motifs is 1. The Hall–Kier alpha value is -5.79. The van der Waals surface area contributed by atoms with E-state index in [2.05, 4.69) is 0 Å². The minimum Gasteiger partial charge on any atom is -0.507 e. The van der Waals surface area contributed by atoms with Crippen LogP contribution in [0.15, 0.2) is 34.7 Å². The number of aliphatic hydroxyl groups excluding tert-OH is 6. The Morgan fingerprint density at radius 1 is 0.638 bits per heavy atom. The SMILES string of the molecule is COc1cc(-c2[o+]c3cc(O[C@@H]4O[C@H](COC(=O)CC(=O)O)[C@H](O)[C@H](O)[C@H]4O)cc(O)c3cc2O[C@@H]2O[C@@H](COC(=O)CC(=O)O)[C@H](O)[C@H](O)[C@H]2O)cc(OC)c1O. The van der Waals surface area contributed by atoms with Crippen LogP contribution >= 0.6 is 0 Å². The molecule has 0 spiro atoms. The molecule has 23 heteroatoms. The van der Waals surface area contributed by atoms with Crippen LogP contribution in [0.25, 0.3) is 22.3 Å². The topological polar surface area (TPSA) is 356 Å². The second kappa shape index (κ2) is 18.2. The predicted octanol–water partition coefficient (Wildman–Crippen LogP) is -1.78. The molecule has 0 aliphatic carbocycles. The van der Waals surface area contributed by atoms with Crippen molar-refractivity contribution in [3.8, 4) is 45.8 Å². The highest BCUT2D eigenvalue weighted by Gasteiger charge is 2.48. The summed E-state index contributed by atoms with van der Waals surface area (Å²) in [4.78, 5) is 45.2.